The van der Waals surface area contributed by atoms with Gasteiger partial charge in [0.05, 0.1) is 5.88 Å². The molecule has 0 aliphatic carbocycles. The van der Waals surface area contributed by atoms with Crippen LogP contribution in [-0.2, 0) is 14.4 Å². The Balaban J connectivity index is 2.65. The highest BCUT2D eigenvalue weighted by Crippen LogP contribution is 2.21. The van der Waals surface area contributed by atoms with Gasteiger partial charge in [-0.1, -0.05) is 6.92 Å². The monoisotopic (exact) mass is 278 g/mol. The number of nitrogens with one attached hydrogen (secondary N) is 1. The average molecular weight is 278 g/mol. The first-order valence-electron chi connectivity index (χ1n) is 5.47. The van der Waals surface area contributed by atoms with E-state index in [1.165, 1.54) is 16.7 Å². The van der Waals surface area contributed by atoms with Gasteiger partial charge in [-0.3, -0.25) is 9.59 Å². The van der Waals surface area contributed by atoms with Crippen molar-refractivity contribution in [2.45, 2.75) is 25.4 Å². The van der Waals surface area contributed by atoms with Gasteiger partial charge in [-0.15, -0.1) is 11.8 Å². The number of aliphatic carboxylic acids is 1. The molecular formula is C10H15FN2O4S. The zero-order valence-corrected chi connectivity index (χ0v) is 10.7. The fourth-order valence-corrected chi connectivity index (χ4v) is 2.72. The number of nitrogens with zero attached hydrogens (tertiary/aromatic N) is 1. The van der Waals surface area contributed by atoms with Crippen molar-refractivity contribution in [3.05, 3.63) is 0 Å². The van der Waals surface area contributed by atoms with Gasteiger partial charge < -0.3 is 15.3 Å². The third-order valence-corrected chi connectivity index (χ3v) is 3.59. The van der Waals surface area contributed by atoms with E-state index < -0.39 is 30.6 Å². The fraction of sp³-hybridized carbons (Fsp3) is 0.700. The molecule has 2 amide bonds. The van der Waals surface area contributed by atoms with Crippen molar-refractivity contribution in [3.63, 3.8) is 0 Å². The molecule has 18 heavy (non-hydrogen) atoms. The molecule has 1 heterocycles. The third-order valence-electron chi connectivity index (χ3n) is 2.58. The number of carbonyl (C=O) groups is 3. The molecule has 0 spiro atoms. The van der Waals surface area contributed by atoms with Crippen molar-refractivity contribution in [2.75, 3.05) is 18.3 Å². The van der Waals surface area contributed by atoms with E-state index in [0.29, 0.717) is 11.6 Å². The number of rotatable bonds is 5. The summed E-state index contributed by atoms with van der Waals surface area (Å²) < 4.78 is 12.4. The minimum Gasteiger partial charge on any atom is -0.480 e. The van der Waals surface area contributed by atoms with Crippen LogP contribution in [0.5, 0.6) is 0 Å². The highest BCUT2D eigenvalue weighted by Gasteiger charge is 2.35. The number of hydrogen-bond donors (Lipinski definition) is 2. The lowest BCUT2D eigenvalue weighted by atomic mass is 10.2. The summed E-state index contributed by atoms with van der Waals surface area (Å²) in [6.07, 6.45) is 0.274. The molecule has 2 atom stereocenters. The Morgan fingerprint density at radius 1 is 1.56 bits per heavy atom. The summed E-state index contributed by atoms with van der Waals surface area (Å²) in [4.78, 5) is 35.4. The van der Waals surface area contributed by atoms with Gasteiger partial charge in [0.1, 0.15) is 12.7 Å². The van der Waals surface area contributed by atoms with Gasteiger partial charge in [0.25, 0.3) is 0 Å². The number of amides is 2. The van der Waals surface area contributed by atoms with Crippen LogP contribution in [-0.4, -0.2) is 58.2 Å². The minimum atomic E-state index is -1.55. The smallest absolute Gasteiger partial charge is 0.328 e. The molecule has 1 saturated heterocycles. The Morgan fingerprint density at radius 2 is 2.22 bits per heavy atom. The summed E-state index contributed by atoms with van der Waals surface area (Å²) in [6.45, 7) is 0.505. The maximum Gasteiger partial charge on any atom is 0.328 e. The molecule has 0 radical (unpaired) electrons. The number of carboxylic acid groups (broad SMARTS) is 1. The van der Waals surface area contributed by atoms with Crippen molar-refractivity contribution < 1.29 is 23.9 Å². The number of alkyl halides is 1. The van der Waals surface area contributed by atoms with Gasteiger partial charge >= 0.3 is 5.97 Å². The quantitative estimate of drug-likeness (QED) is 0.729. The Kier molecular flexibility index (Phi) is 5.39. The van der Waals surface area contributed by atoms with E-state index in [0.717, 1.165) is 0 Å². The van der Waals surface area contributed by atoms with E-state index in [1.54, 1.807) is 6.92 Å². The van der Waals surface area contributed by atoms with Crippen molar-refractivity contribution in [1.29, 1.82) is 0 Å². The van der Waals surface area contributed by atoms with Crippen LogP contribution in [0.15, 0.2) is 0 Å². The summed E-state index contributed by atoms with van der Waals surface area (Å²) in [5, 5.41) is 10.7. The van der Waals surface area contributed by atoms with Gasteiger partial charge in [-0.25, -0.2) is 9.18 Å². The number of carboxylic acids is 1. The van der Waals surface area contributed by atoms with Crippen molar-refractivity contribution in [3.8, 4) is 0 Å². The molecule has 0 aromatic rings. The van der Waals surface area contributed by atoms with Crippen LogP contribution in [0.4, 0.5) is 4.39 Å². The molecule has 8 heteroatoms. The van der Waals surface area contributed by atoms with E-state index in [1.807, 2.05) is 0 Å². The second kappa shape index (κ2) is 6.58. The summed E-state index contributed by atoms with van der Waals surface area (Å²) in [5.41, 5.74) is 0. The van der Waals surface area contributed by atoms with Crippen LogP contribution >= 0.6 is 11.8 Å². The second-order valence-electron chi connectivity index (χ2n) is 3.79. The largest absolute Gasteiger partial charge is 0.480 e. The molecule has 2 unspecified atom stereocenters. The topological polar surface area (TPSA) is 86.7 Å². The van der Waals surface area contributed by atoms with Crippen LogP contribution in [0, 0.1) is 0 Å². The van der Waals surface area contributed by atoms with Crippen LogP contribution in [0.1, 0.15) is 13.3 Å². The Morgan fingerprint density at radius 3 is 2.72 bits per heavy atom. The lowest BCUT2D eigenvalue weighted by Crippen LogP contribution is -2.52. The van der Waals surface area contributed by atoms with Gasteiger partial charge in [0, 0.05) is 12.2 Å². The third kappa shape index (κ3) is 3.34. The summed E-state index contributed by atoms with van der Waals surface area (Å²) >= 11 is 1.41. The van der Waals surface area contributed by atoms with Crippen molar-refractivity contribution in [1.82, 2.24) is 10.2 Å². The first kappa shape index (κ1) is 14.7. The summed E-state index contributed by atoms with van der Waals surface area (Å²) in [5.74, 6) is -1.42. The van der Waals surface area contributed by atoms with Gasteiger partial charge in [0.2, 0.25) is 11.8 Å². The predicted octanol–water partition coefficient (Wildman–Crippen LogP) is -0.163. The van der Waals surface area contributed by atoms with Crippen molar-refractivity contribution in [2.24, 2.45) is 0 Å². The highest BCUT2D eigenvalue weighted by atomic mass is 32.2. The molecule has 0 saturated carbocycles. The van der Waals surface area contributed by atoms with E-state index in [-0.39, 0.29) is 12.3 Å². The molecule has 0 aromatic heterocycles. The summed E-state index contributed by atoms with van der Waals surface area (Å²) in [6, 6.07) is -2.27. The second-order valence-corrected chi connectivity index (χ2v) is 4.79. The first-order chi connectivity index (χ1) is 8.51. The molecule has 1 aliphatic rings. The van der Waals surface area contributed by atoms with E-state index >= 15 is 0 Å². The zero-order chi connectivity index (χ0) is 13.7. The minimum absolute atomic E-state index is 0.174. The molecule has 6 nitrogen and oxygen atoms in total. The van der Waals surface area contributed by atoms with E-state index in [9.17, 15) is 18.8 Å². The average Bonchev–Trinajstić information content (AvgIpc) is 2.83. The maximum absolute atomic E-state index is 12.4. The number of hydrogen-bond acceptors (Lipinski definition) is 4. The normalized spacial score (nSPS) is 20.6. The highest BCUT2D eigenvalue weighted by molar-refractivity contribution is 7.99. The van der Waals surface area contributed by atoms with Crippen molar-refractivity contribution >= 4 is 29.5 Å². The molecule has 1 fully saturated rings. The van der Waals surface area contributed by atoms with Crippen LogP contribution in [0.25, 0.3) is 0 Å². The Labute approximate surface area is 108 Å². The molecule has 1 aliphatic heterocycles. The van der Waals surface area contributed by atoms with Gasteiger partial charge in [-0.05, 0) is 0 Å². The van der Waals surface area contributed by atoms with Crippen LogP contribution in [0.2, 0.25) is 0 Å². The van der Waals surface area contributed by atoms with E-state index in [2.05, 4.69) is 5.32 Å². The molecular weight excluding hydrogens is 263 g/mol. The van der Waals surface area contributed by atoms with Gasteiger partial charge in [-0.2, -0.15) is 0 Å². The zero-order valence-electron chi connectivity index (χ0n) is 9.89. The summed E-state index contributed by atoms with van der Waals surface area (Å²) in [7, 11) is 0. The lowest BCUT2D eigenvalue weighted by Gasteiger charge is -2.23. The standard InChI is InChI=1S/C10H15FN2O4S/c1-2-8(14)13-5-18-4-7(13)9(15)12-6(3-11)10(16)17/h6-7H,2-5H2,1H3,(H,12,15)(H,16,17). The number of carbonyl (C=O) groups excluding carboxylic acids is 2. The lowest BCUT2D eigenvalue weighted by molar-refractivity contribution is -0.144. The number of halogens is 1. The molecule has 0 aromatic carbocycles. The van der Waals surface area contributed by atoms with E-state index in [4.69, 9.17) is 5.11 Å². The molecule has 102 valence electrons. The van der Waals surface area contributed by atoms with Crippen LogP contribution < -0.4 is 5.32 Å². The number of thioether (sulfide) groups is 1. The Hall–Kier alpha value is -1.31. The fourth-order valence-electron chi connectivity index (χ4n) is 1.54. The Bertz CT molecular complexity index is 353. The predicted molar refractivity (Wildman–Crippen MR) is 63.8 cm³/mol. The van der Waals surface area contributed by atoms with Crippen LogP contribution in [0.3, 0.4) is 0 Å². The SMILES string of the molecule is CCC(=O)N1CSCC1C(=O)NC(CF)C(=O)O. The molecule has 1 rings (SSSR count). The maximum atomic E-state index is 12.4. The molecule has 0 bridgehead atoms. The molecule has 2 N–H and O–H groups in total. The first-order valence-corrected chi connectivity index (χ1v) is 6.63. The van der Waals surface area contributed by atoms with Gasteiger partial charge in [0.15, 0.2) is 6.04 Å².